The number of oxime groups is 1. The molecule has 0 aromatic heterocycles. The summed E-state index contributed by atoms with van der Waals surface area (Å²) in [5.74, 6) is -0.0740. The number of nitrogens with two attached hydrogens (primary N) is 1. The van der Waals surface area contributed by atoms with Crippen LogP contribution in [0.15, 0.2) is 5.16 Å². The number of hydrogen-bond acceptors (Lipinski definition) is 4. The molecule has 4 N–H and O–H groups in total. The van der Waals surface area contributed by atoms with Crippen LogP contribution in [0.4, 0.5) is 0 Å². The van der Waals surface area contributed by atoms with Crippen molar-refractivity contribution in [2.45, 2.75) is 39.5 Å². The van der Waals surface area contributed by atoms with Gasteiger partial charge >= 0.3 is 0 Å². The molecule has 1 fully saturated rings. The molecule has 0 heterocycles. The number of carbonyl (C=O) groups excluding carboxylic acids is 1. The van der Waals surface area contributed by atoms with Crippen molar-refractivity contribution in [1.29, 1.82) is 0 Å². The third kappa shape index (κ3) is 3.85. The standard InChI is InChI=1S/C14H28N4O2/c1-13(2,10-18(3)4)9-16-12(19)14(11(15)17-20)7-5-6-8-14/h20H,5-10H2,1-4H3,(H2,15,17)(H,16,19). The van der Waals surface area contributed by atoms with Crippen LogP contribution in [-0.4, -0.2) is 49.0 Å². The average Bonchev–Trinajstić information content (AvgIpc) is 2.84. The van der Waals surface area contributed by atoms with Gasteiger partial charge in [0.25, 0.3) is 0 Å². The van der Waals surface area contributed by atoms with E-state index in [9.17, 15) is 4.79 Å². The molecule has 0 spiro atoms. The second-order valence-electron chi connectivity index (χ2n) is 6.86. The van der Waals surface area contributed by atoms with E-state index in [-0.39, 0.29) is 17.2 Å². The number of amidine groups is 1. The molecule has 0 unspecified atom stereocenters. The SMILES string of the molecule is CN(C)CC(C)(C)CNC(=O)C1(C(N)=NO)CCCC1. The monoisotopic (exact) mass is 284 g/mol. The molecule has 1 amide bonds. The van der Waals surface area contributed by atoms with Crippen molar-refractivity contribution in [3.8, 4) is 0 Å². The lowest BCUT2D eigenvalue weighted by molar-refractivity contribution is -0.128. The highest BCUT2D eigenvalue weighted by atomic mass is 16.4. The van der Waals surface area contributed by atoms with Crippen molar-refractivity contribution in [3.63, 3.8) is 0 Å². The zero-order valence-corrected chi connectivity index (χ0v) is 13.1. The fraction of sp³-hybridized carbons (Fsp3) is 0.857. The van der Waals surface area contributed by atoms with Gasteiger partial charge in [-0.15, -0.1) is 0 Å². The van der Waals surface area contributed by atoms with Crippen LogP contribution in [0, 0.1) is 10.8 Å². The number of amides is 1. The maximum atomic E-state index is 12.5. The molecule has 1 saturated carbocycles. The molecule has 0 radical (unpaired) electrons. The Morgan fingerprint density at radius 1 is 1.40 bits per heavy atom. The van der Waals surface area contributed by atoms with Gasteiger partial charge in [-0.1, -0.05) is 31.8 Å². The molecule has 0 aromatic carbocycles. The number of rotatable bonds is 6. The molecule has 6 heteroatoms. The van der Waals surface area contributed by atoms with E-state index in [1.54, 1.807) is 0 Å². The van der Waals surface area contributed by atoms with Gasteiger partial charge in [-0.25, -0.2) is 0 Å². The lowest BCUT2D eigenvalue weighted by Crippen LogP contribution is -2.51. The molecule has 0 atom stereocenters. The van der Waals surface area contributed by atoms with E-state index < -0.39 is 5.41 Å². The normalized spacial score (nSPS) is 19.4. The van der Waals surface area contributed by atoms with E-state index in [1.807, 2.05) is 14.1 Å². The van der Waals surface area contributed by atoms with E-state index in [1.165, 1.54) is 0 Å². The van der Waals surface area contributed by atoms with Crippen molar-refractivity contribution in [3.05, 3.63) is 0 Å². The number of nitrogens with zero attached hydrogens (tertiary/aromatic N) is 2. The minimum absolute atomic E-state index is 0.0237. The lowest BCUT2D eigenvalue weighted by Gasteiger charge is -2.31. The summed E-state index contributed by atoms with van der Waals surface area (Å²) in [7, 11) is 4.02. The van der Waals surface area contributed by atoms with Crippen LogP contribution in [0.2, 0.25) is 0 Å². The predicted molar refractivity (Wildman–Crippen MR) is 79.7 cm³/mol. The second kappa shape index (κ2) is 6.43. The van der Waals surface area contributed by atoms with Crippen LogP contribution in [0.3, 0.4) is 0 Å². The minimum atomic E-state index is -0.817. The first-order valence-electron chi connectivity index (χ1n) is 7.14. The zero-order chi connectivity index (χ0) is 15.4. The average molecular weight is 284 g/mol. The lowest BCUT2D eigenvalue weighted by atomic mass is 9.83. The number of nitrogens with one attached hydrogen (secondary N) is 1. The van der Waals surface area contributed by atoms with E-state index >= 15 is 0 Å². The van der Waals surface area contributed by atoms with Crippen LogP contribution in [0.25, 0.3) is 0 Å². The molecule has 6 nitrogen and oxygen atoms in total. The fourth-order valence-electron chi connectivity index (χ4n) is 3.07. The molecule has 1 aliphatic rings. The van der Waals surface area contributed by atoms with Crippen LogP contribution >= 0.6 is 0 Å². The Labute approximate surface area is 121 Å². The molecule has 1 aliphatic carbocycles. The highest BCUT2D eigenvalue weighted by Gasteiger charge is 2.45. The molecular formula is C14H28N4O2. The topological polar surface area (TPSA) is 91.0 Å². The second-order valence-corrected chi connectivity index (χ2v) is 6.86. The maximum Gasteiger partial charge on any atom is 0.233 e. The third-order valence-corrected chi connectivity index (χ3v) is 3.96. The highest BCUT2D eigenvalue weighted by Crippen LogP contribution is 2.38. The van der Waals surface area contributed by atoms with Crippen LogP contribution in [0.1, 0.15) is 39.5 Å². The van der Waals surface area contributed by atoms with Gasteiger partial charge in [-0.05, 0) is 32.4 Å². The first-order chi connectivity index (χ1) is 9.23. The van der Waals surface area contributed by atoms with E-state index in [2.05, 4.69) is 29.2 Å². The van der Waals surface area contributed by atoms with Crippen molar-refractivity contribution in [2.24, 2.45) is 21.7 Å². The molecule has 116 valence electrons. The van der Waals surface area contributed by atoms with Gasteiger partial charge in [0.2, 0.25) is 5.91 Å². The summed E-state index contributed by atoms with van der Waals surface area (Å²) in [6, 6.07) is 0. The van der Waals surface area contributed by atoms with Gasteiger partial charge in [0.1, 0.15) is 5.41 Å². The summed E-state index contributed by atoms with van der Waals surface area (Å²) in [5.41, 5.74) is 4.92. The zero-order valence-electron chi connectivity index (χ0n) is 13.1. The van der Waals surface area contributed by atoms with Gasteiger partial charge in [0.15, 0.2) is 5.84 Å². The Kier molecular flexibility index (Phi) is 5.39. The van der Waals surface area contributed by atoms with Crippen LogP contribution in [0.5, 0.6) is 0 Å². The highest BCUT2D eigenvalue weighted by molar-refractivity contribution is 6.07. The molecule has 1 rings (SSSR count). The van der Waals surface area contributed by atoms with Crippen LogP contribution in [-0.2, 0) is 4.79 Å². The summed E-state index contributed by atoms with van der Waals surface area (Å²) in [5, 5.41) is 15.0. The molecule has 0 aromatic rings. The fourth-order valence-corrected chi connectivity index (χ4v) is 3.07. The summed E-state index contributed by atoms with van der Waals surface area (Å²) >= 11 is 0. The molecular weight excluding hydrogens is 256 g/mol. The Morgan fingerprint density at radius 2 is 1.95 bits per heavy atom. The Morgan fingerprint density at radius 3 is 2.40 bits per heavy atom. The summed E-state index contributed by atoms with van der Waals surface area (Å²) in [6.07, 6.45) is 3.18. The first-order valence-corrected chi connectivity index (χ1v) is 7.14. The predicted octanol–water partition coefficient (Wildman–Crippen LogP) is 0.997. The molecule has 20 heavy (non-hydrogen) atoms. The molecule has 0 bridgehead atoms. The third-order valence-electron chi connectivity index (χ3n) is 3.96. The Hall–Kier alpha value is -1.30. The van der Waals surface area contributed by atoms with Crippen LogP contribution < -0.4 is 11.1 Å². The van der Waals surface area contributed by atoms with Gasteiger partial charge < -0.3 is 21.2 Å². The summed E-state index contributed by atoms with van der Waals surface area (Å²) in [4.78, 5) is 14.6. The molecule has 0 aliphatic heterocycles. The van der Waals surface area contributed by atoms with Crippen molar-refractivity contribution >= 4 is 11.7 Å². The smallest absolute Gasteiger partial charge is 0.233 e. The summed E-state index contributed by atoms with van der Waals surface area (Å²) in [6.45, 7) is 5.67. The minimum Gasteiger partial charge on any atom is -0.409 e. The van der Waals surface area contributed by atoms with Gasteiger partial charge in [-0.3, -0.25) is 4.79 Å². The Bertz CT molecular complexity index is 371. The van der Waals surface area contributed by atoms with Gasteiger partial charge in [0.05, 0.1) is 0 Å². The first kappa shape index (κ1) is 16.8. The van der Waals surface area contributed by atoms with Gasteiger partial charge in [0, 0.05) is 13.1 Å². The summed E-state index contributed by atoms with van der Waals surface area (Å²) < 4.78 is 0. The number of carbonyl (C=O) groups is 1. The van der Waals surface area contributed by atoms with Gasteiger partial charge in [-0.2, -0.15) is 0 Å². The number of hydrogen-bond donors (Lipinski definition) is 3. The molecule has 0 saturated heterocycles. The van der Waals surface area contributed by atoms with E-state index in [0.29, 0.717) is 19.4 Å². The van der Waals surface area contributed by atoms with E-state index in [4.69, 9.17) is 10.9 Å². The van der Waals surface area contributed by atoms with Crippen molar-refractivity contribution < 1.29 is 10.0 Å². The quantitative estimate of drug-likeness (QED) is 0.294. The Balaban J connectivity index is 2.69. The van der Waals surface area contributed by atoms with E-state index in [0.717, 1.165) is 19.4 Å². The van der Waals surface area contributed by atoms with Crippen molar-refractivity contribution in [1.82, 2.24) is 10.2 Å². The largest absolute Gasteiger partial charge is 0.409 e. The maximum absolute atomic E-state index is 12.5. The van der Waals surface area contributed by atoms with Crippen molar-refractivity contribution in [2.75, 3.05) is 27.2 Å².